The lowest BCUT2D eigenvalue weighted by molar-refractivity contribution is 0.254. The van der Waals surface area contributed by atoms with Gasteiger partial charge in [0, 0.05) is 25.3 Å². The quantitative estimate of drug-likeness (QED) is 0.274. The monoisotopic (exact) mass is 390 g/mol. The fourth-order valence-corrected chi connectivity index (χ4v) is 2.94. The van der Waals surface area contributed by atoms with Gasteiger partial charge < -0.3 is 25.0 Å². The number of nitrogens with one attached hydrogen (secondary N) is 2. The molecule has 0 radical (unpaired) electrons. The van der Waals surface area contributed by atoms with Gasteiger partial charge in [-0.1, -0.05) is 6.58 Å². The van der Waals surface area contributed by atoms with E-state index >= 15 is 0 Å². The largest absolute Gasteiger partial charge is 0.493 e. The molecule has 2 N–H and O–H groups in total. The van der Waals surface area contributed by atoms with Crippen molar-refractivity contribution in [2.45, 2.75) is 26.2 Å². The van der Waals surface area contributed by atoms with E-state index in [1.165, 1.54) is 25.9 Å². The highest BCUT2D eigenvalue weighted by atomic mass is 19.1. The van der Waals surface area contributed by atoms with Crippen LogP contribution in [0, 0.1) is 0 Å². The Morgan fingerprint density at radius 3 is 2.75 bits per heavy atom. The molecule has 1 aromatic carbocycles. The number of benzene rings is 1. The first-order valence-corrected chi connectivity index (χ1v) is 9.60. The maximum atomic E-state index is 13.7. The van der Waals surface area contributed by atoms with Crippen molar-refractivity contribution in [2.24, 2.45) is 4.99 Å². The third kappa shape index (κ3) is 6.88. The van der Waals surface area contributed by atoms with E-state index in [9.17, 15) is 4.39 Å². The summed E-state index contributed by atoms with van der Waals surface area (Å²) in [4.78, 5) is 6.54. The number of halogens is 1. The van der Waals surface area contributed by atoms with Crippen LogP contribution in [0.4, 0.5) is 10.1 Å². The Kier molecular flexibility index (Phi) is 8.81. The Morgan fingerprint density at radius 2 is 2.07 bits per heavy atom. The summed E-state index contributed by atoms with van der Waals surface area (Å²) in [6.07, 6.45) is 4.69. The SMILES string of the molecule is C=C(NC)/C(F)=C\N=C(C)Nc1ccc(OC)c(OCCCN2CCCC2)c1. The smallest absolute Gasteiger partial charge is 0.163 e. The number of hydrogen-bond acceptors (Lipinski definition) is 5. The molecule has 0 aliphatic carbocycles. The first-order valence-electron chi connectivity index (χ1n) is 9.60. The van der Waals surface area contributed by atoms with E-state index in [0.717, 1.165) is 24.9 Å². The van der Waals surface area contributed by atoms with Crippen molar-refractivity contribution in [2.75, 3.05) is 45.7 Å². The van der Waals surface area contributed by atoms with Crippen molar-refractivity contribution in [1.82, 2.24) is 10.2 Å². The molecule has 154 valence electrons. The molecule has 0 atom stereocenters. The summed E-state index contributed by atoms with van der Waals surface area (Å²) in [6, 6.07) is 5.56. The van der Waals surface area contributed by atoms with Gasteiger partial charge in [-0.15, -0.1) is 0 Å². The first kappa shape index (κ1) is 21.8. The molecule has 0 amide bonds. The molecule has 1 heterocycles. The average Bonchev–Trinajstić information content (AvgIpc) is 3.22. The van der Waals surface area contributed by atoms with Crippen LogP contribution in [0.5, 0.6) is 11.5 Å². The summed E-state index contributed by atoms with van der Waals surface area (Å²) < 4.78 is 25.0. The fourth-order valence-electron chi connectivity index (χ4n) is 2.94. The predicted molar refractivity (Wildman–Crippen MR) is 113 cm³/mol. The summed E-state index contributed by atoms with van der Waals surface area (Å²) in [5.41, 5.74) is 0.975. The number of methoxy groups -OCH3 is 1. The molecule has 0 saturated carbocycles. The van der Waals surface area contributed by atoms with Crippen LogP contribution < -0.4 is 20.1 Å². The van der Waals surface area contributed by atoms with E-state index in [0.29, 0.717) is 23.9 Å². The van der Waals surface area contributed by atoms with E-state index in [-0.39, 0.29) is 5.70 Å². The number of nitrogens with zero attached hydrogens (tertiary/aromatic N) is 2. The van der Waals surface area contributed by atoms with Crippen LogP contribution in [0.25, 0.3) is 0 Å². The van der Waals surface area contributed by atoms with E-state index in [4.69, 9.17) is 9.47 Å². The fraction of sp³-hybridized carbons (Fsp3) is 0.476. The Morgan fingerprint density at radius 1 is 1.32 bits per heavy atom. The zero-order valence-electron chi connectivity index (χ0n) is 17.1. The van der Waals surface area contributed by atoms with Gasteiger partial charge in [-0.25, -0.2) is 9.38 Å². The molecule has 1 aliphatic heterocycles. The van der Waals surface area contributed by atoms with Crippen molar-refractivity contribution < 1.29 is 13.9 Å². The molecule has 0 aromatic heterocycles. The van der Waals surface area contributed by atoms with Gasteiger partial charge in [0.1, 0.15) is 5.84 Å². The minimum Gasteiger partial charge on any atom is -0.493 e. The van der Waals surface area contributed by atoms with Crippen molar-refractivity contribution in [1.29, 1.82) is 0 Å². The van der Waals surface area contributed by atoms with E-state index in [2.05, 4.69) is 27.1 Å². The number of rotatable bonds is 10. The maximum Gasteiger partial charge on any atom is 0.163 e. The highest BCUT2D eigenvalue weighted by Gasteiger charge is 2.11. The van der Waals surface area contributed by atoms with Gasteiger partial charge in [-0.3, -0.25) is 0 Å². The molecule has 2 rings (SSSR count). The molecule has 1 aromatic rings. The molecule has 7 heteroatoms. The van der Waals surface area contributed by atoms with Crippen LogP contribution in [0.15, 0.2) is 47.5 Å². The number of hydrogen-bond donors (Lipinski definition) is 2. The number of amidine groups is 1. The number of aliphatic imine (C=N–C) groups is 1. The zero-order chi connectivity index (χ0) is 20.4. The van der Waals surface area contributed by atoms with Crippen LogP contribution in [-0.4, -0.2) is 51.1 Å². The zero-order valence-corrected chi connectivity index (χ0v) is 17.1. The standard InChI is InChI=1S/C21H31FN4O2/c1-16(23-3)19(22)15-24-17(2)25-18-8-9-20(27-4)21(14-18)28-13-7-12-26-10-5-6-11-26/h8-9,14-15,23H,1,5-7,10-13H2,2-4H3,(H,24,25)/b19-15+. The molecule has 0 spiro atoms. The molecule has 0 unspecified atom stereocenters. The van der Waals surface area contributed by atoms with E-state index < -0.39 is 5.83 Å². The number of likely N-dealkylation sites (N-methyl/N-ethyl adjacent to an activating group) is 1. The maximum absolute atomic E-state index is 13.7. The van der Waals surface area contributed by atoms with E-state index in [1.807, 2.05) is 18.2 Å². The minimum atomic E-state index is -0.514. The Labute approximate surface area is 167 Å². The number of allylic oxidation sites excluding steroid dienone is 1. The summed E-state index contributed by atoms with van der Waals surface area (Å²) in [6.45, 7) is 9.38. The highest BCUT2D eigenvalue weighted by Crippen LogP contribution is 2.30. The Hall–Kier alpha value is -2.54. The second-order valence-electron chi connectivity index (χ2n) is 6.66. The molecule has 1 saturated heterocycles. The van der Waals surface area contributed by atoms with Gasteiger partial charge in [-0.05, 0) is 51.4 Å². The summed E-state index contributed by atoms with van der Waals surface area (Å²) in [5.74, 6) is 1.38. The lowest BCUT2D eigenvalue weighted by Gasteiger charge is -2.16. The number of anilines is 1. The van der Waals surface area contributed by atoms with Gasteiger partial charge in [0.25, 0.3) is 0 Å². The number of ether oxygens (including phenoxy) is 2. The molecule has 6 nitrogen and oxygen atoms in total. The van der Waals surface area contributed by atoms with Gasteiger partial charge in [0.2, 0.25) is 0 Å². The Bertz CT molecular complexity index is 712. The summed E-state index contributed by atoms with van der Waals surface area (Å²) in [5, 5.41) is 5.77. The van der Waals surface area contributed by atoms with Gasteiger partial charge >= 0.3 is 0 Å². The van der Waals surface area contributed by atoms with Crippen molar-refractivity contribution >= 4 is 11.5 Å². The van der Waals surface area contributed by atoms with E-state index in [1.54, 1.807) is 21.1 Å². The first-order chi connectivity index (χ1) is 13.5. The van der Waals surface area contributed by atoms with Crippen molar-refractivity contribution in [3.8, 4) is 11.5 Å². The topological polar surface area (TPSA) is 58.1 Å². The average molecular weight is 391 g/mol. The lowest BCUT2D eigenvalue weighted by Crippen LogP contribution is -2.22. The minimum absolute atomic E-state index is 0.186. The van der Waals surface area contributed by atoms with Gasteiger partial charge in [0.05, 0.1) is 25.6 Å². The van der Waals surface area contributed by atoms with Crippen LogP contribution in [0.2, 0.25) is 0 Å². The predicted octanol–water partition coefficient (Wildman–Crippen LogP) is 3.93. The van der Waals surface area contributed by atoms with Crippen molar-refractivity contribution in [3.63, 3.8) is 0 Å². The molecular weight excluding hydrogens is 359 g/mol. The highest BCUT2D eigenvalue weighted by molar-refractivity contribution is 5.94. The normalized spacial score (nSPS) is 15.4. The molecule has 1 fully saturated rings. The van der Waals surface area contributed by atoms with Gasteiger partial charge in [-0.2, -0.15) is 0 Å². The number of likely N-dealkylation sites (tertiary alicyclic amines) is 1. The third-order valence-electron chi connectivity index (χ3n) is 4.53. The van der Waals surface area contributed by atoms with Crippen LogP contribution >= 0.6 is 0 Å². The third-order valence-corrected chi connectivity index (χ3v) is 4.53. The van der Waals surface area contributed by atoms with Crippen LogP contribution in [0.3, 0.4) is 0 Å². The molecular formula is C21H31FN4O2. The van der Waals surface area contributed by atoms with Gasteiger partial charge in [0.15, 0.2) is 17.3 Å². The molecule has 0 bridgehead atoms. The van der Waals surface area contributed by atoms with Crippen molar-refractivity contribution in [3.05, 3.63) is 42.5 Å². The van der Waals surface area contributed by atoms with Crippen LogP contribution in [0.1, 0.15) is 26.2 Å². The molecule has 28 heavy (non-hydrogen) atoms. The lowest BCUT2D eigenvalue weighted by atomic mass is 10.2. The molecule has 1 aliphatic rings. The second-order valence-corrected chi connectivity index (χ2v) is 6.66. The summed E-state index contributed by atoms with van der Waals surface area (Å²) in [7, 11) is 3.23. The Balaban J connectivity index is 1.93. The van der Waals surface area contributed by atoms with Crippen LogP contribution in [-0.2, 0) is 0 Å². The summed E-state index contributed by atoms with van der Waals surface area (Å²) >= 11 is 0. The second kappa shape index (κ2) is 11.3.